The van der Waals surface area contributed by atoms with Gasteiger partial charge in [-0.05, 0) is 25.3 Å². The molecule has 1 atom stereocenters. The molecule has 1 fully saturated rings. The molecule has 1 saturated carbocycles. The Bertz CT molecular complexity index is 398. The predicted molar refractivity (Wildman–Crippen MR) is 71.0 cm³/mol. The number of carbonyl (C=O) groups excluding carboxylic acids is 1. The summed E-state index contributed by atoms with van der Waals surface area (Å²) in [5.74, 6) is 0.201. The van der Waals surface area contributed by atoms with Crippen molar-refractivity contribution in [2.75, 3.05) is 6.61 Å². The van der Waals surface area contributed by atoms with Gasteiger partial charge in [0.15, 0.2) is 0 Å². The number of amides is 1. The van der Waals surface area contributed by atoms with Gasteiger partial charge < -0.3 is 10.4 Å². The zero-order valence-corrected chi connectivity index (χ0v) is 10.9. The molecule has 1 aromatic carbocycles. The normalized spacial score (nSPS) is 19.4. The molecule has 1 aromatic rings. The summed E-state index contributed by atoms with van der Waals surface area (Å²) in [6.07, 6.45) is 4.22. The third-order valence-corrected chi connectivity index (χ3v) is 3.85. The van der Waals surface area contributed by atoms with Gasteiger partial charge in [-0.3, -0.25) is 4.79 Å². The zero-order chi connectivity index (χ0) is 13.0. The Labute approximate surface area is 108 Å². The van der Waals surface area contributed by atoms with Crippen LogP contribution in [0.4, 0.5) is 0 Å². The highest BCUT2D eigenvalue weighted by atomic mass is 16.3. The van der Waals surface area contributed by atoms with Gasteiger partial charge in [-0.25, -0.2) is 0 Å². The fourth-order valence-corrected chi connectivity index (χ4v) is 2.57. The van der Waals surface area contributed by atoms with Crippen LogP contribution in [0.5, 0.6) is 0 Å². The molecule has 18 heavy (non-hydrogen) atoms. The lowest BCUT2D eigenvalue weighted by molar-refractivity contribution is -0.127. The average Bonchev–Trinajstić information content (AvgIpc) is 2.93. The van der Waals surface area contributed by atoms with Gasteiger partial charge in [0.1, 0.15) is 0 Å². The van der Waals surface area contributed by atoms with Crippen LogP contribution >= 0.6 is 0 Å². The molecule has 98 valence electrons. The van der Waals surface area contributed by atoms with E-state index in [2.05, 4.69) is 5.32 Å². The first-order valence-electron chi connectivity index (χ1n) is 6.64. The fraction of sp³-hybridized carbons (Fsp3) is 0.533. The number of benzene rings is 1. The molecule has 1 aliphatic rings. The maximum atomic E-state index is 12.2. The van der Waals surface area contributed by atoms with Crippen molar-refractivity contribution in [3.05, 3.63) is 35.9 Å². The SMILES string of the molecule is CC(CO)(NC(=O)C1CCCC1)c1ccccc1. The number of aliphatic hydroxyl groups is 1. The number of hydrogen-bond acceptors (Lipinski definition) is 2. The van der Waals surface area contributed by atoms with Crippen LogP contribution in [0.1, 0.15) is 38.2 Å². The monoisotopic (exact) mass is 247 g/mol. The van der Waals surface area contributed by atoms with Crippen molar-refractivity contribution >= 4 is 5.91 Å². The summed E-state index contributed by atoms with van der Waals surface area (Å²) >= 11 is 0. The molecule has 0 aromatic heterocycles. The van der Waals surface area contributed by atoms with E-state index in [4.69, 9.17) is 0 Å². The lowest BCUT2D eigenvalue weighted by Crippen LogP contribution is -2.48. The Morgan fingerprint density at radius 1 is 1.33 bits per heavy atom. The molecule has 2 N–H and O–H groups in total. The van der Waals surface area contributed by atoms with Crippen molar-refractivity contribution in [2.45, 2.75) is 38.1 Å². The Balaban J connectivity index is 2.10. The second kappa shape index (κ2) is 5.53. The van der Waals surface area contributed by atoms with Crippen LogP contribution in [-0.4, -0.2) is 17.6 Å². The van der Waals surface area contributed by atoms with Crippen LogP contribution in [0, 0.1) is 5.92 Å². The zero-order valence-electron chi connectivity index (χ0n) is 10.9. The van der Waals surface area contributed by atoms with Crippen molar-refractivity contribution < 1.29 is 9.90 Å². The average molecular weight is 247 g/mol. The first-order valence-corrected chi connectivity index (χ1v) is 6.64. The molecular formula is C15H21NO2. The van der Waals surface area contributed by atoms with Crippen LogP contribution in [0.15, 0.2) is 30.3 Å². The Morgan fingerprint density at radius 2 is 1.94 bits per heavy atom. The van der Waals surface area contributed by atoms with Gasteiger partial charge in [0, 0.05) is 5.92 Å². The van der Waals surface area contributed by atoms with Crippen LogP contribution in [-0.2, 0) is 10.3 Å². The largest absolute Gasteiger partial charge is 0.394 e. The molecule has 1 amide bonds. The van der Waals surface area contributed by atoms with E-state index in [0.29, 0.717) is 0 Å². The number of hydrogen-bond donors (Lipinski definition) is 2. The molecular weight excluding hydrogens is 226 g/mol. The van der Waals surface area contributed by atoms with Crippen molar-refractivity contribution in [3.63, 3.8) is 0 Å². The minimum Gasteiger partial charge on any atom is -0.394 e. The van der Waals surface area contributed by atoms with Gasteiger partial charge in [0.05, 0.1) is 12.1 Å². The first-order chi connectivity index (χ1) is 8.65. The maximum absolute atomic E-state index is 12.2. The molecule has 3 heteroatoms. The molecule has 3 nitrogen and oxygen atoms in total. The molecule has 1 unspecified atom stereocenters. The highest BCUT2D eigenvalue weighted by molar-refractivity contribution is 5.79. The van der Waals surface area contributed by atoms with Crippen LogP contribution in [0.2, 0.25) is 0 Å². The summed E-state index contributed by atoms with van der Waals surface area (Å²) in [5, 5.41) is 12.6. The minimum atomic E-state index is -0.680. The van der Waals surface area contributed by atoms with E-state index in [1.807, 2.05) is 37.3 Å². The number of carbonyl (C=O) groups is 1. The lowest BCUT2D eigenvalue weighted by atomic mass is 9.91. The van der Waals surface area contributed by atoms with Gasteiger partial charge in [-0.1, -0.05) is 43.2 Å². The Kier molecular flexibility index (Phi) is 4.02. The number of nitrogens with one attached hydrogen (secondary N) is 1. The van der Waals surface area contributed by atoms with Gasteiger partial charge in [0.25, 0.3) is 0 Å². The molecule has 0 saturated heterocycles. The molecule has 1 aliphatic carbocycles. The van der Waals surface area contributed by atoms with Crippen LogP contribution in [0.3, 0.4) is 0 Å². The van der Waals surface area contributed by atoms with E-state index >= 15 is 0 Å². The van der Waals surface area contributed by atoms with E-state index < -0.39 is 5.54 Å². The van der Waals surface area contributed by atoms with E-state index in [1.165, 1.54) is 0 Å². The van der Waals surface area contributed by atoms with Crippen molar-refractivity contribution in [1.82, 2.24) is 5.32 Å². The maximum Gasteiger partial charge on any atom is 0.223 e. The highest BCUT2D eigenvalue weighted by Crippen LogP contribution is 2.27. The van der Waals surface area contributed by atoms with Gasteiger partial charge in [0.2, 0.25) is 5.91 Å². The predicted octanol–water partition coefficient (Wildman–Crippen LogP) is 2.20. The van der Waals surface area contributed by atoms with E-state index in [-0.39, 0.29) is 18.4 Å². The second-order valence-corrected chi connectivity index (χ2v) is 5.33. The van der Waals surface area contributed by atoms with Crippen molar-refractivity contribution in [1.29, 1.82) is 0 Å². The fourth-order valence-electron chi connectivity index (χ4n) is 2.57. The first kappa shape index (κ1) is 13.1. The summed E-state index contributed by atoms with van der Waals surface area (Å²) in [6, 6.07) is 9.65. The molecule has 0 bridgehead atoms. The minimum absolute atomic E-state index is 0.0768. The lowest BCUT2D eigenvalue weighted by Gasteiger charge is -2.30. The quantitative estimate of drug-likeness (QED) is 0.857. The molecule has 0 heterocycles. The van der Waals surface area contributed by atoms with Gasteiger partial charge in [-0.2, -0.15) is 0 Å². The smallest absolute Gasteiger partial charge is 0.223 e. The van der Waals surface area contributed by atoms with E-state index in [1.54, 1.807) is 0 Å². The van der Waals surface area contributed by atoms with Crippen molar-refractivity contribution in [2.24, 2.45) is 5.92 Å². The Hall–Kier alpha value is -1.35. The topological polar surface area (TPSA) is 49.3 Å². The molecule has 0 spiro atoms. The summed E-state index contributed by atoms with van der Waals surface area (Å²) in [5.41, 5.74) is 0.264. The number of rotatable bonds is 4. The summed E-state index contributed by atoms with van der Waals surface area (Å²) < 4.78 is 0. The van der Waals surface area contributed by atoms with E-state index in [0.717, 1.165) is 31.2 Å². The molecule has 2 rings (SSSR count). The van der Waals surface area contributed by atoms with Crippen molar-refractivity contribution in [3.8, 4) is 0 Å². The van der Waals surface area contributed by atoms with E-state index in [9.17, 15) is 9.90 Å². The molecule has 0 aliphatic heterocycles. The summed E-state index contributed by atoms with van der Waals surface area (Å²) in [7, 11) is 0. The molecule has 0 radical (unpaired) electrons. The van der Waals surface area contributed by atoms with Gasteiger partial charge >= 0.3 is 0 Å². The highest BCUT2D eigenvalue weighted by Gasteiger charge is 2.31. The van der Waals surface area contributed by atoms with Crippen LogP contribution in [0.25, 0.3) is 0 Å². The number of aliphatic hydroxyl groups excluding tert-OH is 1. The summed E-state index contributed by atoms with van der Waals surface area (Å²) in [4.78, 5) is 12.2. The standard InChI is InChI=1S/C15H21NO2/c1-15(11-17,13-9-3-2-4-10-13)16-14(18)12-7-5-6-8-12/h2-4,9-10,12,17H,5-8,11H2,1H3,(H,16,18). The Morgan fingerprint density at radius 3 is 2.50 bits per heavy atom. The second-order valence-electron chi connectivity index (χ2n) is 5.33. The summed E-state index contributed by atoms with van der Waals surface area (Å²) in [6.45, 7) is 1.78. The van der Waals surface area contributed by atoms with Crippen LogP contribution < -0.4 is 5.32 Å². The third-order valence-electron chi connectivity index (χ3n) is 3.85. The van der Waals surface area contributed by atoms with Gasteiger partial charge in [-0.15, -0.1) is 0 Å². The third kappa shape index (κ3) is 2.72.